The maximum atomic E-state index is 13.8. The molecule has 7 rings (SSSR count). The summed E-state index contributed by atoms with van der Waals surface area (Å²) in [4.78, 5) is 55.9. The summed E-state index contributed by atoms with van der Waals surface area (Å²) in [6.45, 7) is 6.54. The molecule has 2 aliphatic carbocycles. The molecule has 7 atom stereocenters. The van der Waals surface area contributed by atoms with Gasteiger partial charge in [0.2, 0.25) is 11.8 Å². The van der Waals surface area contributed by atoms with Crippen molar-refractivity contribution in [1.82, 2.24) is 4.98 Å². The lowest BCUT2D eigenvalue weighted by molar-refractivity contribution is -0.384. The summed E-state index contributed by atoms with van der Waals surface area (Å²) in [5.74, 6) is -1.05. The van der Waals surface area contributed by atoms with Crippen LogP contribution in [0.25, 0.3) is 0 Å². The lowest BCUT2D eigenvalue weighted by atomic mass is 9.68. The first-order valence-electron chi connectivity index (χ1n) is 13.2. The molecular weight excluding hydrogens is 534 g/mol. The zero-order chi connectivity index (χ0) is 27.4. The summed E-state index contributed by atoms with van der Waals surface area (Å²) in [5, 5.41) is 12.1. The van der Waals surface area contributed by atoms with Crippen molar-refractivity contribution in [2.45, 2.75) is 48.8 Å². The van der Waals surface area contributed by atoms with E-state index >= 15 is 0 Å². The fourth-order valence-electron chi connectivity index (χ4n) is 7.56. The number of carbonyl (C=O) groups is 2. The summed E-state index contributed by atoms with van der Waals surface area (Å²) in [6, 6.07) is 14.3. The van der Waals surface area contributed by atoms with Crippen LogP contribution in [0.15, 0.2) is 58.4 Å². The molecule has 0 radical (unpaired) electrons. The van der Waals surface area contributed by atoms with Gasteiger partial charge in [0.1, 0.15) is 0 Å². The van der Waals surface area contributed by atoms with Crippen molar-refractivity contribution < 1.29 is 14.5 Å². The third-order valence-electron chi connectivity index (χ3n) is 9.18. The molecule has 2 amide bonds. The Balaban J connectivity index is 1.28. The number of aromatic nitrogens is 1. The minimum atomic E-state index is -0.495. The molecule has 3 fully saturated rings. The van der Waals surface area contributed by atoms with E-state index in [1.807, 2.05) is 0 Å². The predicted molar refractivity (Wildman–Crippen MR) is 149 cm³/mol. The molecule has 1 N–H and O–H groups in total. The summed E-state index contributed by atoms with van der Waals surface area (Å²) >= 11 is 2.93. The number of benzene rings is 2. The second-order valence-electron chi connectivity index (χ2n) is 12.1. The number of nitro groups is 1. The number of hydrogen-bond donors (Lipinski definition) is 1. The van der Waals surface area contributed by atoms with Gasteiger partial charge in [-0.25, -0.2) is 0 Å². The van der Waals surface area contributed by atoms with E-state index in [1.165, 1.54) is 46.1 Å². The van der Waals surface area contributed by atoms with Gasteiger partial charge in [-0.1, -0.05) is 56.4 Å². The SMILES string of the molecule is CC(C)(C)c1ccc([C@@H]2c3sc(=O)[nH]c3S[C@@H]3[C@@H]4C[C@@H]([C@@H]5C(=O)N(c6ccc([N+](=O)[O-])cc6)C(=O)[C@@H]45)[C@@H]23)cc1. The topological polar surface area (TPSA) is 113 Å². The number of nitrogens with zero attached hydrogens (tertiary/aromatic N) is 2. The number of non-ortho nitro benzene ring substituents is 1. The maximum Gasteiger partial charge on any atom is 0.305 e. The van der Waals surface area contributed by atoms with Gasteiger partial charge in [0.25, 0.3) is 5.69 Å². The lowest BCUT2D eigenvalue weighted by Crippen LogP contribution is -2.42. The fourth-order valence-corrected chi connectivity index (χ4v) is 10.4. The molecule has 39 heavy (non-hydrogen) atoms. The molecule has 200 valence electrons. The number of H-pyrrole nitrogens is 1. The first-order valence-corrected chi connectivity index (χ1v) is 14.9. The van der Waals surface area contributed by atoms with Gasteiger partial charge in [-0.3, -0.25) is 29.4 Å². The van der Waals surface area contributed by atoms with Gasteiger partial charge >= 0.3 is 4.87 Å². The van der Waals surface area contributed by atoms with Crippen LogP contribution in [-0.2, 0) is 15.0 Å². The molecule has 8 nitrogen and oxygen atoms in total. The van der Waals surface area contributed by atoms with E-state index in [4.69, 9.17) is 0 Å². The highest BCUT2D eigenvalue weighted by molar-refractivity contribution is 8.00. The molecule has 4 aliphatic rings. The molecule has 3 aromatic rings. The van der Waals surface area contributed by atoms with Gasteiger partial charge < -0.3 is 4.98 Å². The average Bonchev–Trinajstić information content (AvgIpc) is 3.62. The Morgan fingerprint density at radius 2 is 1.59 bits per heavy atom. The van der Waals surface area contributed by atoms with Crippen LogP contribution in [0.4, 0.5) is 11.4 Å². The Kier molecular flexibility index (Phi) is 5.32. The van der Waals surface area contributed by atoms with E-state index in [9.17, 15) is 24.5 Å². The highest BCUT2D eigenvalue weighted by atomic mass is 32.2. The van der Waals surface area contributed by atoms with Crippen LogP contribution in [0.3, 0.4) is 0 Å². The van der Waals surface area contributed by atoms with Crippen LogP contribution >= 0.6 is 23.1 Å². The first kappa shape index (κ1) is 24.8. The molecule has 3 heterocycles. The van der Waals surface area contributed by atoms with Crippen LogP contribution in [-0.4, -0.2) is 27.0 Å². The average molecular weight is 562 g/mol. The van der Waals surface area contributed by atoms with Crippen LogP contribution in [0.1, 0.15) is 49.1 Å². The minimum Gasteiger partial charge on any atom is -0.307 e. The summed E-state index contributed by atoms with van der Waals surface area (Å²) < 4.78 is 0. The Morgan fingerprint density at radius 1 is 0.949 bits per heavy atom. The molecule has 2 saturated carbocycles. The zero-order valence-electron chi connectivity index (χ0n) is 21.6. The van der Waals surface area contributed by atoms with E-state index < -0.39 is 16.8 Å². The molecule has 2 aromatic carbocycles. The molecular formula is C29H27N3O5S2. The van der Waals surface area contributed by atoms with Crippen molar-refractivity contribution in [3.63, 3.8) is 0 Å². The second-order valence-corrected chi connectivity index (χ2v) is 14.3. The number of anilines is 1. The van der Waals surface area contributed by atoms with Gasteiger partial charge in [-0.2, -0.15) is 0 Å². The van der Waals surface area contributed by atoms with Crippen LogP contribution in [0, 0.1) is 39.7 Å². The third-order valence-corrected chi connectivity index (χ3v) is 11.8. The number of thiazole rings is 1. The highest BCUT2D eigenvalue weighted by Gasteiger charge is 2.69. The number of hydrogen-bond acceptors (Lipinski definition) is 7. The van der Waals surface area contributed by atoms with Crippen molar-refractivity contribution in [1.29, 1.82) is 0 Å². The third kappa shape index (κ3) is 3.53. The number of thioether (sulfide) groups is 1. The van der Waals surface area contributed by atoms with Crippen LogP contribution in [0.5, 0.6) is 0 Å². The first-order chi connectivity index (χ1) is 18.5. The summed E-state index contributed by atoms with van der Waals surface area (Å²) in [6.07, 6.45) is 0.818. The largest absolute Gasteiger partial charge is 0.307 e. The normalized spacial score (nSPS) is 30.8. The number of carbonyl (C=O) groups excluding carboxylic acids is 2. The Bertz CT molecular complexity index is 1590. The molecule has 2 aliphatic heterocycles. The van der Waals surface area contributed by atoms with Crippen LogP contribution < -0.4 is 9.77 Å². The fraction of sp³-hybridized carbons (Fsp3) is 0.414. The van der Waals surface area contributed by atoms with Crippen molar-refractivity contribution in [3.05, 3.63) is 84.3 Å². The number of nitro benzene ring substituents is 1. The Hall–Kier alpha value is -3.24. The van der Waals surface area contributed by atoms with E-state index in [0.29, 0.717) is 5.69 Å². The van der Waals surface area contributed by atoms with Gasteiger partial charge in [-0.05, 0) is 52.8 Å². The smallest absolute Gasteiger partial charge is 0.305 e. The van der Waals surface area contributed by atoms with E-state index in [2.05, 4.69) is 50.0 Å². The number of rotatable bonds is 3. The Morgan fingerprint density at radius 3 is 2.21 bits per heavy atom. The number of amides is 2. The number of nitrogens with one attached hydrogen (secondary N) is 1. The van der Waals surface area contributed by atoms with E-state index in [1.54, 1.807) is 11.8 Å². The zero-order valence-corrected chi connectivity index (χ0v) is 23.3. The minimum absolute atomic E-state index is 0.0171. The standard InChI is InChI=1S/C29H27N3O5S2/c1-29(2,3)14-6-4-13(5-7-14)19-20-17-12-18(23(20)38-25-24(19)39-28(35)30-25)22-21(17)26(33)31(27(22)34)15-8-10-16(11-9-15)32(36)37/h4-11,17-23H,12H2,1-3H3,(H,30,35)/t17-,18-,19+,20+,21+,22+,23-/m1/s1. The summed E-state index contributed by atoms with van der Waals surface area (Å²) in [5.41, 5.74) is 2.70. The Labute approximate surface area is 233 Å². The summed E-state index contributed by atoms with van der Waals surface area (Å²) in [7, 11) is 0. The lowest BCUT2D eigenvalue weighted by Gasteiger charge is -2.43. The number of fused-ring (bicyclic) bond motifs is 9. The van der Waals surface area contributed by atoms with E-state index in [-0.39, 0.29) is 56.7 Å². The monoisotopic (exact) mass is 561 g/mol. The van der Waals surface area contributed by atoms with Crippen molar-refractivity contribution >= 4 is 46.3 Å². The molecule has 1 aromatic heterocycles. The van der Waals surface area contributed by atoms with Gasteiger partial charge in [0.05, 0.1) is 27.5 Å². The molecule has 2 bridgehead atoms. The van der Waals surface area contributed by atoms with Gasteiger partial charge in [0, 0.05) is 28.2 Å². The molecule has 10 heteroatoms. The number of aromatic amines is 1. The van der Waals surface area contributed by atoms with Crippen molar-refractivity contribution in [3.8, 4) is 0 Å². The van der Waals surface area contributed by atoms with E-state index in [0.717, 1.165) is 21.9 Å². The highest BCUT2D eigenvalue weighted by Crippen LogP contribution is 2.68. The van der Waals surface area contributed by atoms with Crippen molar-refractivity contribution in [2.75, 3.05) is 4.90 Å². The quantitative estimate of drug-likeness (QED) is 0.263. The number of imide groups is 1. The van der Waals surface area contributed by atoms with Crippen molar-refractivity contribution in [2.24, 2.45) is 29.6 Å². The van der Waals surface area contributed by atoms with Gasteiger partial charge in [0.15, 0.2) is 0 Å². The molecule has 1 saturated heterocycles. The molecule has 0 unspecified atom stereocenters. The second kappa shape index (κ2) is 8.38. The van der Waals surface area contributed by atoms with Crippen LogP contribution in [0.2, 0.25) is 0 Å². The maximum absolute atomic E-state index is 13.8. The predicted octanol–water partition coefficient (Wildman–Crippen LogP) is 5.32. The molecule has 0 spiro atoms. The van der Waals surface area contributed by atoms with Gasteiger partial charge in [-0.15, -0.1) is 11.8 Å².